The fraction of sp³-hybridized carbons (Fsp3) is 0.0741. The third-order valence-electron chi connectivity index (χ3n) is 6.10. The average Bonchev–Trinajstić information content (AvgIpc) is 3.51. The van der Waals surface area contributed by atoms with Gasteiger partial charge in [-0.3, -0.25) is 15.1 Å². The topological polar surface area (TPSA) is 116 Å². The van der Waals surface area contributed by atoms with E-state index in [9.17, 15) is 12.8 Å². The number of aromatic nitrogens is 5. The number of halogens is 1. The van der Waals surface area contributed by atoms with Crippen LogP contribution in [-0.2, 0) is 16.6 Å². The maximum Gasteiger partial charge on any atom is 0.209 e. The van der Waals surface area contributed by atoms with Gasteiger partial charge in [0.1, 0.15) is 11.5 Å². The molecule has 0 unspecified atom stereocenters. The number of fused-ring (bicyclic) bond motifs is 2. The summed E-state index contributed by atoms with van der Waals surface area (Å²) in [4.78, 5) is 12.4. The number of sulfonamides is 1. The molecule has 0 amide bonds. The molecule has 10 heteroatoms. The molecule has 3 N–H and O–H groups in total. The lowest BCUT2D eigenvalue weighted by molar-refractivity contribution is 0.586. The van der Waals surface area contributed by atoms with Crippen LogP contribution in [0, 0.1) is 5.82 Å². The SMILES string of the molecule is CS(=O)(=O)NCc1cc(F)cc(-c2nccc3[nH]c(-c4n[nH]c5ccc(-c6ccccn6)cc45)cc23)c1. The Morgan fingerprint density at radius 3 is 2.54 bits per heavy atom. The monoisotopic (exact) mass is 512 g/mol. The van der Waals surface area contributed by atoms with Crippen LogP contribution in [0.2, 0.25) is 0 Å². The van der Waals surface area contributed by atoms with Crippen molar-refractivity contribution < 1.29 is 12.8 Å². The van der Waals surface area contributed by atoms with Gasteiger partial charge in [-0.2, -0.15) is 5.10 Å². The van der Waals surface area contributed by atoms with E-state index in [2.05, 4.69) is 35.9 Å². The first-order valence-electron chi connectivity index (χ1n) is 11.5. The highest BCUT2D eigenvalue weighted by Gasteiger charge is 2.16. The van der Waals surface area contributed by atoms with Crippen LogP contribution < -0.4 is 4.72 Å². The molecule has 0 saturated heterocycles. The fourth-order valence-corrected chi connectivity index (χ4v) is 4.86. The summed E-state index contributed by atoms with van der Waals surface area (Å²) in [5.41, 5.74) is 6.69. The summed E-state index contributed by atoms with van der Waals surface area (Å²) in [7, 11) is -3.41. The van der Waals surface area contributed by atoms with Gasteiger partial charge in [0.15, 0.2) is 0 Å². The molecule has 184 valence electrons. The molecular formula is C27H21FN6O2S. The van der Waals surface area contributed by atoms with Crippen molar-refractivity contribution in [3.63, 3.8) is 0 Å². The van der Waals surface area contributed by atoms with Crippen LogP contribution in [0.15, 0.2) is 79.1 Å². The fourth-order valence-electron chi connectivity index (χ4n) is 4.43. The third kappa shape index (κ3) is 4.59. The van der Waals surface area contributed by atoms with Gasteiger partial charge >= 0.3 is 0 Å². The maximum absolute atomic E-state index is 14.5. The first kappa shape index (κ1) is 23.0. The highest BCUT2D eigenvalue weighted by molar-refractivity contribution is 7.88. The molecule has 0 aliphatic rings. The smallest absolute Gasteiger partial charge is 0.209 e. The number of hydrogen-bond donors (Lipinski definition) is 3. The molecule has 8 nitrogen and oxygen atoms in total. The van der Waals surface area contributed by atoms with E-state index >= 15 is 0 Å². The minimum Gasteiger partial charge on any atom is -0.353 e. The van der Waals surface area contributed by atoms with E-state index in [1.165, 1.54) is 12.1 Å². The van der Waals surface area contributed by atoms with E-state index in [1.807, 2.05) is 42.5 Å². The van der Waals surface area contributed by atoms with Gasteiger partial charge in [0.05, 0.1) is 28.9 Å². The second-order valence-electron chi connectivity index (χ2n) is 8.79. The number of H-pyrrole nitrogens is 2. The summed E-state index contributed by atoms with van der Waals surface area (Å²) in [6.07, 6.45) is 4.48. The summed E-state index contributed by atoms with van der Waals surface area (Å²) < 4.78 is 39.9. The first-order chi connectivity index (χ1) is 17.8. The number of hydrogen-bond acceptors (Lipinski definition) is 5. The molecule has 0 aliphatic heterocycles. The molecule has 0 atom stereocenters. The van der Waals surface area contributed by atoms with Crippen LogP contribution in [0.1, 0.15) is 5.56 Å². The van der Waals surface area contributed by atoms with Crippen molar-refractivity contribution in [2.75, 3.05) is 6.26 Å². The molecule has 0 spiro atoms. The predicted octanol–water partition coefficient (Wildman–Crippen LogP) is 5.02. The number of nitrogens with one attached hydrogen (secondary N) is 3. The van der Waals surface area contributed by atoms with Gasteiger partial charge in [-0.05, 0) is 60.2 Å². The second-order valence-corrected chi connectivity index (χ2v) is 10.6. The largest absolute Gasteiger partial charge is 0.353 e. The van der Waals surface area contributed by atoms with Crippen LogP contribution in [0.25, 0.3) is 55.7 Å². The van der Waals surface area contributed by atoms with Crippen molar-refractivity contribution in [2.24, 2.45) is 0 Å². The number of benzene rings is 2. The molecular weight excluding hydrogens is 491 g/mol. The zero-order valence-corrected chi connectivity index (χ0v) is 20.5. The zero-order chi connectivity index (χ0) is 25.6. The third-order valence-corrected chi connectivity index (χ3v) is 6.76. The van der Waals surface area contributed by atoms with E-state index < -0.39 is 15.8 Å². The van der Waals surface area contributed by atoms with Crippen molar-refractivity contribution in [3.8, 4) is 33.9 Å². The Morgan fingerprint density at radius 2 is 1.73 bits per heavy atom. The number of pyridine rings is 2. The number of rotatable bonds is 6. The van der Waals surface area contributed by atoms with E-state index in [1.54, 1.807) is 18.5 Å². The van der Waals surface area contributed by atoms with Crippen molar-refractivity contribution in [2.45, 2.75) is 6.54 Å². The first-order valence-corrected chi connectivity index (χ1v) is 13.4. The summed E-state index contributed by atoms with van der Waals surface area (Å²) in [5, 5.41) is 9.36. The standard InChI is InChI=1S/C27H21FN6O2S/c1-37(35,36)31-15-16-10-18(12-19(28)11-16)26-21-14-25(32-23(21)7-9-30-26)27-20-13-17(5-6-24(20)33-34-27)22-4-2-3-8-29-22/h2-14,31-32H,15H2,1H3,(H,33,34). The molecule has 4 aromatic heterocycles. The van der Waals surface area contributed by atoms with Gasteiger partial charge in [0.2, 0.25) is 10.0 Å². The summed E-state index contributed by atoms with van der Waals surface area (Å²) in [6.45, 7) is -0.0180. The van der Waals surface area contributed by atoms with Gasteiger partial charge in [0.25, 0.3) is 0 Å². The van der Waals surface area contributed by atoms with Crippen molar-refractivity contribution in [1.29, 1.82) is 0 Å². The van der Waals surface area contributed by atoms with E-state index in [-0.39, 0.29) is 6.54 Å². The van der Waals surface area contributed by atoms with Gasteiger partial charge in [-0.1, -0.05) is 12.1 Å². The molecule has 2 aromatic carbocycles. The quantitative estimate of drug-likeness (QED) is 0.290. The molecule has 0 saturated carbocycles. The van der Waals surface area contributed by atoms with Crippen LogP contribution >= 0.6 is 0 Å². The molecule has 0 radical (unpaired) electrons. The van der Waals surface area contributed by atoms with Crippen molar-refractivity contribution in [1.82, 2.24) is 29.9 Å². The Balaban J connectivity index is 1.44. The Morgan fingerprint density at radius 1 is 0.865 bits per heavy atom. The Kier molecular flexibility index (Phi) is 5.54. The molecule has 0 bridgehead atoms. The Labute approximate surface area is 211 Å². The maximum atomic E-state index is 14.5. The Hall–Kier alpha value is -4.41. The van der Waals surface area contributed by atoms with Crippen molar-refractivity contribution in [3.05, 3.63) is 90.5 Å². The highest BCUT2D eigenvalue weighted by Crippen LogP contribution is 2.34. The average molecular weight is 513 g/mol. The molecule has 37 heavy (non-hydrogen) atoms. The Bertz CT molecular complexity index is 1880. The minimum atomic E-state index is -3.41. The van der Waals surface area contributed by atoms with Crippen LogP contribution in [0.4, 0.5) is 4.39 Å². The van der Waals surface area contributed by atoms with E-state index in [0.29, 0.717) is 16.8 Å². The lowest BCUT2D eigenvalue weighted by Crippen LogP contribution is -2.21. The normalized spacial score (nSPS) is 11.9. The van der Waals surface area contributed by atoms with Gasteiger partial charge < -0.3 is 4.98 Å². The molecule has 6 aromatic rings. The predicted molar refractivity (Wildman–Crippen MR) is 141 cm³/mol. The van der Waals surface area contributed by atoms with Gasteiger partial charge in [-0.25, -0.2) is 17.5 Å². The lowest BCUT2D eigenvalue weighted by Gasteiger charge is -2.08. The van der Waals surface area contributed by atoms with Gasteiger partial charge in [-0.15, -0.1) is 0 Å². The summed E-state index contributed by atoms with van der Waals surface area (Å²) in [6, 6.07) is 20.0. The number of nitrogens with zero attached hydrogens (tertiary/aromatic N) is 3. The van der Waals surface area contributed by atoms with Crippen LogP contribution in [-0.4, -0.2) is 39.8 Å². The molecule has 0 aliphatic carbocycles. The van der Waals surface area contributed by atoms with Gasteiger partial charge in [0, 0.05) is 46.4 Å². The summed E-state index contributed by atoms with van der Waals surface area (Å²) >= 11 is 0. The van der Waals surface area contributed by atoms with Crippen LogP contribution in [0.5, 0.6) is 0 Å². The van der Waals surface area contributed by atoms with E-state index in [4.69, 9.17) is 0 Å². The molecule has 4 heterocycles. The second kappa shape index (κ2) is 8.91. The van der Waals surface area contributed by atoms with E-state index in [0.717, 1.165) is 50.7 Å². The minimum absolute atomic E-state index is 0.0180. The van der Waals surface area contributed by atoms with Crippen molar-refractivity contribution >= 4 is 31.8 Å². The molecule has 6 rings (SSSR count). The summed E-state index contributed by atoms with van der Waals surface area (Å²) in [5.74, 6) is -0.474. The molecule has 0 fully saturated rings. The number of aromatic amines is 2. The van der Waals surface area contributed by atoms with Crippen LogP contribution in [0.3, 0.4) is 0 Å². The zero-order valence-electron chi connectivity index (χ0n) is 19.7. The highest BCUT2D eigenvalue weighted by atomic mass is 32.2. The lowest BCUT2D eigenvalue weighted by atomic mass is 10.0.